The van der Waals surface area contributed by atoms with Gasteiger partial charge >= 0.3 is 0 Å². The number of pyridine rings is 1. The normalized spacial score (nSPS) is 13.7. The molecule has 126 valence electrons. The number of fused-ring (bicyclic) bond motifs is 2. The van der Waals surface area contributed by atoms with Crippen LogP contribution in [0.4, 0.5) is 0 Å². The first-order valence-electron chi connectivity index (χ1n) is 8.57. The van der Waals surface area contributed by atoms with Crippen LogP contribution in [-0.2, 0) is 24.2 Å². The van der Waals surface area contributed by atoms with Gasteiger partial charge in [0.05, 0.1) is 6.42 Å². The summed E-state index contributed by atoms with van der Waals surface area (Å²) in [4.78, 5) is 29.3. The van der Waals surface area contributed by atoms with Crippen LogP contribution in [0.25, 0.3) is 10.9 Å². The van der Waals surface area contributed by atoms with Crippen molar-refractivity contribution in [2.75, 3.05) is 6.54 Å². The van der Waals surface area contributed by atoms with E-state index in [1.807, 2.05) is 54.3 Å². The molecule has 1 aromatic heterocycles. The summed E-state index contributed by atoms with van der Waals surface area (Å²) in [5.74, 6) is 0.148. The molecule has 1 N–H and O–H groups in total. The molecule has 3 aromatic rings. The van der Waals surface area contributed by atoms with Crippen LogP contribution in [0.2, 0.25) is 0 Å². The van der Waals surface area contributed by atoms with Crippen molar-refractivity contribution in [1.29, 1.82) is 0 Å². The molecule has 1 amide bonds. The molecule has 4 rings (SSSR count). The first-order chi connectivity index (χ1) is 12.1. The van der Waals surface area contributed by atoms with Gasteiger partial charge in [-0.25, -0.2) is 0 Å². The van der Waals surface area contributed by atoms with Gasteiger partial charge in [0.25, 0.3) is 5.56 Å². The Kier molecular flexibility index (Phi) is 3.88. The molecule has 0 bridgehead atoms. The fourth-order valence-corrected chi connectivity index (χ4v) is 3.47. The van der Waals surface area contributed by atoms with Crippen LogP contribution in [0.1, 0.15) is 22.3 Å². The Labute approximate surface area is 146 Å². The molecule has 0 aliphatic carbocycles. The van der Waals surface area contributed by atoms with Gasteiger partial charge in [-0.1, -0.05) is 30.3 Å². The van der Waals surface area contributed by atoms with Crippen LogP contribution < -0.4 is 5.56 Å². The zero-order chi connectivity index (χ0) is 17.4. The summed E-state index contributed by atoms with van der Waals surface area (Å²) in [6.45, 7) is 3.17. The van der Waals surface area contributed by atoms with Crippen LogP contribution in [0, 0.1) is 6.92 Å². The lowest BCUT2D eigenvalue weighted by Crippen LogP contribution is -2.37. The summed E-state index contributed by atoms with van der Waals surface area (Å²) in [6, 6.07) is 15.9. The van der Waals surface area contributed by atoms with Crippen LogP contribution in [-0.4, -0.2) is 22.3 Å². The second-order valence-corrected chi connectivity index (χ2v) is 6.72. The van der Waals surface area contributed by atoms with Crippen molar-refractivity contribution in [2.45, 2.75) is 26.3 Å². The Hall–Kier alpha value is -2.88. The first-order valence-corrected chi connectivity index (χ1v) is 8.57. The third-order valence-corrected chi connectivity index (χ3v) is 4.91. The smallest absolute Gasteiger partial charge is 0.251 e. The van der Waals surface area contributed by atoms with Crippen LogP contribution >= 0.6 is 0 Å². The van der Waals surface area contributed by atoms with Crippen LogP contribution in [0.3, 0.4) is 0 Å². The van der Waals surface area contributed by atoms with Crippen molar-refractivity contribution in [3.8, 4) is 0 Å². The number of nitrogens with one attached hydrogen (secondary N) is 1. The second-order valence-electron chi connectivity index (χ2n) is 6.72. The van der Waals surface area contributed by atoms with Gasteiger partial charge in [-0.15, -0.1) is 0 Å². The van der Waals surface area contributed by atoms with Gasteiger partial charge in [-0.2, -0.15) is 0 Å². The first kappa shape index (κ1) is 15.6. The Bertz CT molecular complexity index is 1010. The number of benzene rings is 2. The third-order valence-electron chi connectivity index (χ3n) is 4.91. The van der Waals surface area contributed by atoms with Crippen LogP contribution in [0.15, 0.2) is 53.3 Å². The van der Waals surface area contributed by atoms with E-state index in [-0.39, 0.29) is 11.5 Å². The third kappa shape index (κ3) is 3.07. The molecule has 2 heterocycles. The summed E-state index contributed by atoms with van der Waals surface area (Å²) >= 11 is 0. The van der Waals surface area contributed by atoms with Gasteiger partial charge in [0, 0.05) is 24.2 Å². The van der Waals surface area contributed by atoms with Gasteiger partial charge in [-0.05, 0) is 53.6 Å². The molecule has 4 nitrogen and oxygen atoms in total. The quantitative estimate of drug-likeness (QED) is 0.784. The number of H-pyrrole nitrogens is 1. The van der Waals surface area contributed by atoms with Gasteiger partial charge in [0.1, 0.15) is 0 Å². The van der Waals surface area contributed by atoms with E-state index in [4.69, 9.17) is 0 Å². The lowest BCUT2D eigenvalue weighted by molar-refractivity contribution is -0.131. The number of nitrogens with zero attached hydrogens (tertiary/aromatic N) is 1. The van der Waals surface area contributed by atoms with Gasteiger partial charge in [-0.3, -0.25) is 9.59 Å². The minimum absolute atomic E-state index is 0.0553. The molecule has 0 fully saturated rings. The zero-order valence-electron chi connectivity index (χ0n) is 14.2. The predicted molar refractivity (Wildman–Crippen MR) is 98.6 cm³/mol. The van der Waals surface area contributed by atoms with E-state index >= 15 is 0 Å². The zero-order valence-corrected chi connectivity index (χ0v) is 14.2. The molecule has 0 radical (unpaired) electrons. The van der Waals surface area contributed by atoms with E-state index in [9.17, 15) is 9.59 Å². The fourth-order valence-electron chi connectivity index (χ4n) is 3.47. The van der Waals surface area contributed by atoms with Crippen molar-refractivity contribution in [3.05, 3.63) is 81.1 Å². The molecule has 4 heteroatoms. The summed E-state index contributed by atoms with van der Waals surface area (Å²) < 4.78 is 0. The number of amides is 1. The molecular weight excluding hydrogens is 312 g/mol. The highest BCUT2D eigenvalue weighted by Gasteiger charge is 2.21. The number of aromatic nitrogens is 1. The molecular formula is C21H20N2O2. The van der Waals surface area contributed by atoms with E-state index in [0.29, 0.717) is 13.0 Å². The van der Waals surface area contributed by atoms with Crippen molar-refractivity contribution >= 4 is 16.8 Å². The van der Waals surface area contributed by atoms with E-state index < -0.39 is 0 Å². The SMILES string of the molecule is Cc1cc2cc3c(cc2[nH]c1=O)CN(C(=O)Cc1ccccc1)CC3. The number of aryl methyl sites for hydroxylation is 1. The minimum Gasteiger partial charge on any atom is -0.338 e. The molecule has 0 saturated heterocycles. The summed E-state index contributed by atoms with van der Waals surface area (Å²) in [5, 5.41) is 1.06. The highest BCUT2D eigenvalue weighted by atomic mass is 16.2. The average molecular weight is 332 g/mol. The summed E-state index contributed by atoms with van der Waals surface area (Å²) in [7, 11) is 0. The summed E-state index contributed by atoms with van der Waals surface area (Å²) in [5.41, 5.74) is 4.94. The lowest BCUT2D eigenvalue weighted by Gasteiger charge is -2.29. The molecule has 1 aliphatic heterocycles. The average Bonchev–Trinajstić information content (AvgIpc) is 2.61. The Morgan fingerprint density at radius 2 is 1.92 bits per heavy atom. The van der Waals surface area contributed by atoms with Gasteiger partial charge < -0.3 is 9.88 Å². The molecule has 2 aromatic carbocycles. The van der Waals surface area contributed by atoms with Crippen LogP contribution in [0.5, 0.6) is 0 Å². The molecule has 0 spiro atoms. The van der Waals surface area contributed by atoms with Gasteiger partial charge in [0.15, 0.2) is 0 Å². The van der Waals surface area contributed by atoms with Crippen molar-refractivity contribution < 1.29 is 4.79 Å². The molecule has 1 aliphatic rings. The maximum absolute atomic E-state index is 12.6. The maximum atomic E-state index is 12.6. The molecule has 25 heavy (non-hydrogen) atoms. The summed E-state index contributed by atoms with van der Waals surface area (Å²) in [6.07, 6.45) is 1.28. The van der Waals surface area contributed by atoms with E-state index in [1.165, 1.54) is 5.56 Å². The minimum atomic E-state index is -0.0553. The Balaban J connectivity index is 1.60. The largest absolute Gasteiger partial charge is 0.338 e. The lowest BCUT2D eigenvalue weighted by atomic mass is 9.96. The van der Waals surface area contributed by atoms with Crippen molar-refractivity contribution in [1.82, 2.24) is 9.88 Å². The topological polar surface area (TPSA) is 53.2 Å². The second kappa shape index (κ2) is 6.20. The van der Waals surface area contributed by atoms with E-state index in [1.54, 1.807) is 0 Å². The number of carbonyl (C=O) groups excluding carboxylic acids is 1. The number of hydrogen-bond acceptors (Lipinski definition) is 2. The van der Waals surface area contributed by atoms with E-state index in [0.717, 1.165) is 40.6 Å². The van der Waals surface area contributed by atoms with Crippen molar-refractivity contribution in [3.63, 3.8) is 0 Å². The monoisotopic (exact) mass is 332 g/mol. The fraction of sp³-hybridized carbons (Fsp3) is 0.238. The van der Waals surface area contributed by atoms with E-state index in [2.05, 4.69) is 11.1 Å². The Morgan fingerprint density at radius 3 is 2.72 bits per heavy atom. The maximum Gasteiger partial charge on any atom is 0.251 e. The number of rotatable bonds is 2. The molecule has 0 unspecified atom stereocenters. The number of carbonyl (C=O) groups is 1. The number of hydrogen-bond donors (Lipinski definition) is 1. The molecule has 0 saturated carbocycles. The molecule has 0 atom stereocenters. The predicted octanol–water partition coefficient (Wildman–Crippen LogP) is 2.96. The number of aromatic amines is 1. The Morgan fingerprint density at radius 1 is 1.12 bits per heavy atom. The highest BCUT2D eigenvalue weighted by molar-refractivity contribution is 5.82. The highest BCUT2D eigenvalue weighted by Crippen LogP contribution is 2.24. The van der Waals surface area contributed by atoms with Crippen molar-refractivity contribution in [2.24, 2.45) is 0 Å². The van der Waals surface area contributed by atoms with Gasteiger partial charge in [0.2, 0.25) is 5.91 Å². The standard InChI is InChI=1S/C21H20N2O2/c1-14-9-17-11-16-7-8-23(13-18(16)12-19(17)22-21(14)25)20(24)10-15-5-3-2-4-6-15/h2-6,9,11-12H,7-8,10,13H2,1H3,(H,22,25).